The maximum absolute atomic E-state index is 2.84. The molecule has 1 aromatic rings. The largest absolute Gasteiger partial charge is 0.292 e. The Morgan fingerprint density at radius 2 is 1.79 bits per heavy atom. The molecule has 2 heteroatoms. The van der Waals surface area contributed by atoms with Crippen molar-refractivity contribution >= 4 is 13.6 Å². The van der Waals surface area contributed by atoms with Gasteiger partial charge in [0, 0.05) is 17.6 Å². The molecule has 4 unspecified atom stereocenters. The fraction of sp³-hybridized carbons (Fsp3) is 0.455. The Morgan fingerprint density at radius 3 is 2.50 bits per heavy atom. The molecule has 0 bridgehead atoms. The van der Waals surface area contributed by atoms with Crippen LogP contribution in [0.2, 0.25) is 19.6 Å². The number of allylic oxidation sites excluding steroid dienone is 3. The van der Waals surface area contributed by atoms with Crippen molar-refractivity contribution in [1.29, 1.82) is 0 Å². The van der Waals surface area contributed by atoms with Crippen LogP contribution in [0.1, 0.15) is 18.9 Å². The van der Waals surface area contributed by atoms with Crippen molar-refractivity contribution in [3.63, 3.8) is 0 Å². The Bertz CT molecular complexity index is 707. The summed E-state index contributed by atoms with van der Waals surface area (Å²) in [5.74, 6) is 1.38. The second-order valence-electron chi connectivity index (χ2n) is 8.78. The quantitative estimate of drug-likeness (QED) is 0.675. The first kappa shape index (κ1) is 16.1. The van der Waals surface area contributed by atoms with E-state index in [1.54, 1.807) is 5.57 Å². The van der Waals surface area contributed by atoms with Crippen LogP contribution in [0.4, 0.5) is 0 Å². The molecule has 4 rings (SSSR count). The minimum absolute atomic E-state index is 0.580. The predicted octanol–water partition coefficient (Wildman–Crippen LogP) is 5.15. The van der Waals surface area contributed by atoms with Crippen LogP contribution < -0.4 is 0 Å². The molecule has 24 heavy (non-hydrogen) atoms. The molecule has 1 fully saturated rings. The zero-order valence-electron chi connectivity index (χ0n) is 15.4. The molecule has 1 aliphatic carbocycles. The van der Waals surface area contributed by atoms with Crippen molar-refractivity contribution in [2.24, 2.45) is 11.8 Å². The summed E-state index contributed by atoms with van der Waals surface area (Å²) in [5.41, 5.74) is 5.12. The third kappa shape index (κ3) is 2.66. The van der Waals surface area contributed by atoms with Gasteiger partial charge in [-0.1, -0.05) is 79.9 Å². The molecule has 1 nitrogen and oxygen atoms in total. The lowest BCUT2D eigenvalue weighted by atomic mass is 9.76. The standard InChI is InChI=1S/C22H29NSi/c1-16-10-11-19-18(14-16)12-13-23-21(19)15-20(22(23)24(2,3)4)17-8-6-5-7-9-17/h5-11,14-15,18-19,21-22H,12-13H2,1-4H3. The molecule has 2 aliphatic heterocycles. The zero-order chi connectivity index (χ0) is 16.9. The van der Waals surface area contributed by atoms with E-state index in [0.717, 1.165) is 5.92 Å². The van der Waals surface area contributed by atoms with Crippen molar-refractivity contribution in [3.8, 4) is 0 Å². The normalized spacial score (nSPS) is 32.8. The first-order chi connectivity index (χ1) is 11.4. The molecule has 3 aliphatic rings. The van der Waals surface area contributed by atoms with Gasteiger partial charge in [-0.25, -0.2) is 0 Å². The second kappa shape index (κ2) is 5.85. The second-order valence-corrected chi connectivity index (χ2v) is 14.1. The monoisotopic (exact) mass is 335 g/mol. The Hall–Kier alpha value is -1.38. The van der Waals surface area contributed by atoms with Gasteiger partial charge in [-0.05, 0) is 36.9 Å². The van der Waals surface area contributed by atoms with Gasteiger partial charge in [0.25, 0.3) is 0 Å². The molecule has 0 radical (unpaired) electrons. The van der Waals surface area contributed by atoms with Crippen molar-refractivity contribution in [2.45, 2.75) is 44.7 Å². The summed E-state index contributed by atoms with van der Waals surface area (Å²) in [5, 5.41) is 0. The molecular formula is C22H29NSi. The highest BCUT2D eigenvalue weighted by atomic mass is 28.3. The molecule has 1 saturated heterocycles. The highest BCUT2D eigenvalue weighted by molar-refractivity contribution is 6.79. The number of fused-ring (bicyclic) bond motifs is 3. The Morgan fingerprint density at radius 1 is 1.04 bits per heavy atom. The number of hydrogen-bond acceptors (Lipinski definition) is 1. The van der Waals surface area contributed by atoms with E-state index >= 15 is 0 Å². The fourth-order valence-electron chi connectivity index (χ4n) is 5.03. The zero-order valence-corrected chi connectivity index (χ0v) is 16.4. The van der Waals surface area contributed by atoms with Crippen molar-refractivity contribution in [2.75, 3.05) is 6.54 Å². The van der Waals surface area contributed by atoms with Gasteiger partial charge in [-0.2, -0.15) is 0 Å². The number of piperidine rings is 1. The maximum Gasteiger partial charge on any atom is 0.0695 e. The Kier molecular flexibility index (Phi) is 3.93. The van der Waals surface area contributed by atoms with E-state index in [1.165, 1.54) is 24.1 Å². The first-order valence-electron chi connectivity index (χ1n) is 9.34. The Labute approximate surface area is 147 Å². The summed E-state index contributed by atoms with van der Waals surface area (Å²) in [6.45, 7) is 11.1. The third-order valence-electron chi connectivity index (χ3n) is 5.95. The van der Waals surface area contributed by atoms with E-state index in [4.69, 9.17) is 0 Å². The summed E-state index contributed by atoms with van der Waals surface area (Å²) >= 11 is 0. The summed E-state index contributed by atoms with van der Waals surface area (Å²) in [7, 11) is -1.33. The van der Waals surface area contributed by atoms with Crippen LogP contribution in [0, 0.1) is 11.8 Å². The molecule has 4 atom stereocenters. The van der Waals surface area contributed by atoms with Crippen LogP contribution in [-0.4, -0.2) is 31.2 Å². The van der Waals surface area contributed by atoms with Crippen molar-refractivity contribution in [1.82, 2.24) is 4.90 Å². The highest BCUT2D eigenvalue weighted by Gasteiger charge is 2.48. The van der Waals surface area contributed by atoms with E-state index in [1.807, 2.05) is 0 Å². The number of benzene rings is 1. The van der Waals surface area contributed by atoms with Crippen LogP contribution in [0.5, 0.6) is 0 Å². The van der Waals surface area contributed by atoms with E-state index in [0.29, 0.717) is 17.6 Å². The van der Waals surface area contributed by atoms with Crippen molar-refractivity contribution < 1.29 is 0 Å². The molecule has 0 aromatic heterocycles. The molecular weight excluding hydrogens is 306 g/mol. The van der Waals surface area contributed by atoms with Gasteiger partial charge in [0.1, 0.15) is 0 Å². The third-order valence-corrected chi connectivity index (χ3v) is 8.24. The highest BCUT2D eigenvalue weighted by Crippen LogP contribution is 2.45. The maximum atomic E-state index is 2.84. The van der Waals surface area contributed by atoms with E-state index in [-0.39, 0.29) is 0 Å². The van der Waals surface area contributed by atoms with Crippen LogP contribution in [-0.2, 0) is 0 Å². The minimum Gasteiger partial charge on any atom is -0.292 e. The molecule has 2 heterocycles. The lowest BCUT2D eigenvalue weighted by Gasteiger charge is -2.46. The first-order valence-corrected chi connectivity index (χ1v) is 12.9. The molecule has 0 saturated carbocycles. The van der Waals surface area contributed by atoms with Crippen LogP contribution in [0.25, 0.3) is 5.57 Å². The van der Waals surface area contributed by atoms with Gasteiger partial charge in [-0.3, -0.25) is 4.90 Å². The van der Waals surface area contributed by atoms with Crippen molar-refractivity contribution in [3.05, 3.63) is 65.8 Å². The summed E-state index contributed by atoms with van der Waals surface area (Å²) in [6.07, 6.45) is 11.3. The average Bonchev–Trinajstić information content (AvgIpc) is 2.95. The van der Waals surface area contributed by atoms with Gasteiger partial charge >= 0.3 is 0 Å². The summed E-state index contributed by atoms with van der Waals surface area (Å²) in [4.78, 5) is 2.84. The van der Waals surface area contributed by atoms with Crippen LogP contribution in [0.15, 0.2) is 60.2 Å². The van der Waals surface area contributed by atoms with Gasteiger partial charge in [0.05, 0.1) is 8.07 Å². The van der Waals surface area contributed by atoms with Gasteiger partial charge in [-0.15, -0.1) is 0 Å². The van der Waals surface area contributed by atoms with Crippen LogP contribution in [0.3, 0.4) is 0 Å². The average molecular weight is 336 g/mol. The SMILES string of the molecule is CC1=CC2CCN3C(C=C(c4ccccc4)C3[Si](C)(C)C)C2C=C1. The van der Waals surface area contributed by atoms with Gasteiger partial charge < -0.3 is 0 Å². The topological polar surface area (TPSA) is 3.24 Å². The smallest absolute Gasteiger partial charge is 0.0695 e. The molecule has 0 spiro atoms. The Balaban J connectivity index is 1.76. The molecule has 0 N–H and O–H groups in total. The molecule has 0 amide bonds. The van der Waals surface area contributed by atoms with Gasteiger partial charge in [0.2, 0.25) is 0 Å². The lowest BCUT2D eigenvalue weighted by Crippen LogP contribution is -2.56. The van der Waals surface area contributed by atoms with E-state index < -0.39 is 8.07 Å². The number of nitrogens with zero attached hydrogens (tertiary/aromatic N) is 1. The van der Waals surface area contributed by atoms with E-state index in [9.17, 15) is 0 Å². The molecule has 1 aromatic carbocycles. The fourth-order valence-corrected chi connectivity index (χ4v) is 7.52. The van der Waals surface area contributed by atoms with E-state index in [2.05, 4.69) is 86.1 Å². The van der Waals surface area contributed by atoms with Gasteiger partial charge in [0.15, 0.2) is 0 Å². The number of hydrogen-bond donors (Lipinski definition) is 0. The minimum atomic E-state index is -1.33. The predicted molar refractivity (Wildman–Crippen MR) is 107 cm³/mol. The number of rotatable bonds is 2. The molecule has 126 valence electrons. The summed E-state index contributed by atoms with van der Waals surface area (Å²) in [6, 6.07) is 11.7. The summed E-state index contributed by atoms with van der Waals surface area (Å²) < 4.78 is 0. The van der Waals surface area contributed by atoms with Crippen LogP contribution >= 0.6 is 0 Å². The lowest BCUT2D eigenvalue weighted by molar-refractivity contribution is 0.129.